The molecule has 4 heterocycles. The van der Waals surface area contributed by atoms with Crippen molar-refractivity contribution < 1.29 is 14.3 Å². The summed E-state index contributed by atoms with van der Waals surface area (Å²) in [5, 5.41) is 8.40. The number of rotatable bonds is 2. The van der Waals surface area contributed by atoms with Crippen LogP contribution in [0.3, 0.4) is 0 Å². The van der Waals surface area contributed by atoms with E-state index in [0.29, 0.717) is 42.7 Å². The third-order valence-corrected chi connectivity index (χ3v) is 5.80. The highest BCUT2D eigenvalue weighted by Gasteiger charge is 2.40. The Morgan fingerprint density at radius 2 is 2.19 bits per heavy atom. The number of aromatic nitrogens is 3. The Labute approximate surface area is 185 Å². The van der Waals surface area contributed by atoms with Gasteiger partial charge in [-0.25, -0.2) is 4.52 Å². The van der Waals surface area contributed by atoms with Gasteiger partial charge >= 0.3 is 0 Å². The van der Waals surface area contributed by atoms with Gasteiger partial charge < -0.3 is 19.7 Å². The van der Waals surface area contributed by atoms with Gasteiger partial charge in [-0.1, -0.05) is 11.6 Å². The maximum Gasteiger partial charge on any atom is 0.252 e. The molecule has 9 heteroatoms. The largest absolute Gasteiger partial charge is 0.475 e. The summed E-state index contributed by atoms with van der Waals surface area (Å²) in [7, 11) is 0. The number of benzene rings is 1. The molecule has 1 aromatic carbocycles. The second-order valence-electron chi connectivity index (χ2n) is 8.15. The van der Waals surface area contributed by atoms with Crippen molar-refractivity contribution in [2.24, 2.45) is 0 Å². The molecule has 2 aliphatic rings. The van der Waals surface area contributed by atoms with E-state index in [9.17, 15) is 4.79 Å². The third kappa shape index (κ3) is 3.93. The molecule has 0 aliphatic carbocycles. The minimum atomic E-state index is -0.445. The van der Waals surface area contributed by atoms with Gasteiger partial charge in [-0.3, -0.25) is 4.79 Å². The predicted molar refractivity (Wildman–Crippen MR) is 118 cm³/mol. The topological polar surface area (TPSA) is 81.0 Å². The standard InChI is InChI=1S/C22H24ClN5O3/c1-13(2)31-19-10-17-12-30-20-3-5-28-21(26-20)18(11-25-28)14-7-15(23)9-16(8-14)24-4-6-27(17)22(19)29/h3,5,7-9,11,13,17,19,24H,4,6,10,12H2,1-2H3/t17-,19+/m0/s1. The first-order valence-electron chi connectivity index (χ1n) is 10.5. The van der Waals surface area contributed by atoms with Crippen molar-refractivity contribution in [2.75, 3.05) is 25.0 Å². The van der Waals surface area contributed by atoms with Crippen LogP contribution < -0.4 is 10.1 Å². The van der Waals surface area contributed by atoms with E-state index in [-0.39, 0.29) is 18.1 Å². The number of anilines is 1. The third-order valence-electron chi connectivity index (χ3n) is 5.58. The summed E-state index contributed by atoms with van der Waals surface area (Å²) in [6.45, 7) is 5.37. The van der Waals surface area contributed by atoms with Crippen molar-refractivity contribution in [1.82, 2.24) is 19.5 Å². The minimum Gasteiger partial charge on any atom is -0.475 e. The summed E-state index contributed by atoms with van der Waals surface area (Å²) >= 11 is 6.39. The molecule has 5 rings (SSSR count). The molecule has 2 aliphatic heterocycles. The molecule has 1 saturated heterocycles. The number of ether oxygens (including phenoxy) is 2. The fourth-order valence-electron chi connectivity index (χ4n) is 4.22. The van der Waals surface area contributed by atoms with E-state index in [4.69, 9.17) is 21.1 Å². The van der Waals surface area contributed by atoms with Crippen LogP contribution in [-0.2, 0) is 9.53 Å². The lowest BCUT2D eigenvalue weighted by molar-refractivity contribution is -0.140. The van der Waals surface area contributed by atoms with Crippen LogP contribution in [0, 0.1) is 0 Å². The predicted octanol–water partition coefficient (Wildman–Crippen LogP) is 3.25. The summed E-state index contributed by atoms with van der Waals surface area (Å²) in [6, 6.07) is 7.47. The van der Waals surface area contributed by atoms with Crippen LogP contribution >= 0.6 is 11.6 Å². The molecule has 1 amide bonds. The SMILES string of the molecule is CC(C)O[C@@H]1C[C@H]2COc3ccn4ncc(c4n3)-c3cc(Cl)cc(c3)NCCN2C1=O. The highest BCUT2D eigenvalue weighted by atomic mass is 35.5. The zero-order valence-corrected chi connectivity index (χ0v) is 18.2. The zero-order chi connectivity index (χ0) is 21.5. The Morgan fingerprint density at radius 3 is 3.03 bits per heavy atom. The number of amides is 1. The maximum atomic E-state index is 13.0. The van der Waals surface area contributed by atoms with E-state index in [0.717, 1.165) is 16.8 Å². The molecule has 1 fully saturated rings. The van der Waals surface area contributed by atoms with E-state index in [1.54, 1.807) is 16.8 Å². The fourth-order valence-corrected chi connectivity index (χ4v) is 4.45. The molecular weight excluding hydrogens is 418 g/mol. The number of fused-ring (bicyclic) bond motifs is 5. The summed E-state index contributed by atoms with van der Waals surface area (Å²) in [4.78, 5) is 19.5. The van der Waals surface area contributed by atoms with Gasteiger partial charge in [0.2, 0.25) is 5.88 Å². The van der Waals surface area contributed by atoms with Crippen molar-refractivity contribution in [3.05, 3.63) is 41.7 Å². The molecule has 0 radical (unpaired) electrons. The van der Waals surface area contributed by atoms with Gasteiger partial charge in [-0.05, 0) is 37.6 Å². The van der Waals surface area contributed by atoms with Gasteiger partial charge in [0, 0.05) is 48.0 Å². The molecule has 0 spiro atoms. The number of carbonyl (C=O) groups excluding carboxylic acids is 1. The highest BCUT2D eigenvalue weighted by molar-refractivity contribution is 6.31. The van der Waals surface area contributed by atoms with Crippen molar-refractivity contribution in [1.29, 1.82) is 0 Å². The Morgan fingerprint density at radius 1 is 1.32 bits per heavy atom. The number of nitrogens with zero attached hydrogens (tertiary/aromatic N) is 4. The Kier molecular flexibility index (Phi) is 5.19. The van der Waals surface area contributed by atoms with Crippen molar-refractivity contribution in [3.8, 4) is 17.0 Å². The Balaban J connectivity index is 1.53. The highest BCUT2D eigenvalue weighted by Crippen LogP contribution is 2.31. The number of carbonyl (C=O) groups is 1. The zero-order valence-electron chi connectivity index (χ0n) is 17.4. The van der Waals surface area contributed by atoms with Crippen LogP contribution in [0.2, 0.25) is 5.02 Å². The molecule has 31 heavy (non-hydrogen) atoms. The molecule has 0 unspecified atom stereocenters. The van der Waals surface area contributed by atoms with E-state index in [1.165, 1.54) is 0 Å². The Hall–Kier alpha value is -2.84. The number of nitrogens with one attached hydrogen (secondary N) is 1. The molecule has 1 N–H and O–H groups in total. The van der Waals surface area contributed by atoms with Gasteiger partial charge in [0.1, 0.15) is 12.7 Å². The van der Waals surface area contributed by atoms with Gasteiger partial charge in [-0.2, -0.15) is 10.1 Å². The van der Waals surface area contributed by atoms with E-state index >= 15 is 0 Å². The normalized spacial score (nSPS) is 21.2. The molecule has 2 aromatic heterocycles. The first-order valence-corrected chi connectivity index (χ1v) is 10.8. The van der Waals surface area contributed by atoms with Gasteiger partial charge in [0.15, 0.2) is 5.65 Å². The van der Waals surface area contributed by atoms with Crippen LogP contribution in [0.5, 0.6) is 5.88 Å². The van der Waals surface area contributed by atoms with Crippen LogP contribution in [0.15, 0.2) is 36.7 Å². The molecule has 2 atom stereocenters. The lowest BCUT2D eigenvalue weighted by Crippen LogP contribution is -2.41. The number of hydrogen-bond acceptors (Lipinski definition) is 6. The summed E-state index contributed by atoms with van der Waals surface area (Å²) in [5.74, 6) is 0.497. The van der Waals surface area contributed by atoms with E-state index < -0.39 is 6.10 Å². The molecule has 162 valence electrons. The van der Waals surface area contributed by atoms with E-state index in [2.05, 4.69) is 15.4 Å². The van der Waals surface area contributed by atoms with Crippen molar-refractivity contribution in [2.45, 2.75) is 38.5 Å². The van der Waals surface area contributed by atoms with Crippen LogP contribution in [0.1, 0.15) is 20.3 Å². The second kappa shape index (κ2) is 8.01. The maximum absolute atomic E-state index is 13.0. The summed E-state index contributed by atoms with van der Waals surface area (Å²) in [6.07, 6.45) is 3.73. The average molecular weight is 442 g/mol. The van der Waals surface area contributed by atoms with Gasteiger partial charge in [0.25, 0.3) is 5.91 Å². The van der Waals surface area contributed by atoms with Crippen LogP contribution in [0.25, 0.3) is 16.8 Å². The quantitative estimate of drug-likeness (QED) is 0.657. The Bertz CT molecular complexity index is 1130. The number of hydrogen-bond donors (Lipinski definition) is 1. The monoisotopic (exact) mass is 441 g/mol. The van der Waals surface area contributed by atoms with Crippen LogP contribution in [0.4, 0.5) is 5.69 Å². The number of halogens is 1. The first kappa shape index (κ1) is 20.1. The summed E-state index contributed by atoms with van der Waals surface area (Å²) < 4.78 is 13.6. The fraction of sp³-hybridized carbons (Fsp3) is 0.409. The van der Waals surface area contributed by atoms with Crippen molar-refractivity contribution >= 4 is 28.8 Å². The molecule has 0 saturated carbocycles. The smallest absolute Gasteiger partial charge is 0.252 e. The first-order chi connectivity index (χ1) is 15.0. The summed E-state index contributed by atoms with van der Waals surface area (Å²) in [5.41, 5.74) is 3.34. The molecule has 3 aromatic rings. The second-order valence-corrected chi connectivity index (χ2v) is 8.59. The van der Waals surface area contributed by atoms with Gasteiger partial charge in [-0.15, -0.1) is 0 Å². The molecule has 8 nitrogen and oxygen atoms in total. The minimum absolute atomic E-state index is 0.00413. The lowest BCUT2D eigenvalue weighted by Gasteiger charge is -2.25. The average Bonchev–Trinajstić information content (AvgIpc) is 3.27. The molecular formula is C22H24ClN5O3. The lowest BCUT2D eigenvalue weighted by atomic mass is 10.1. The van der Waals surface area contributed by atoms with E-state index in [1.807, 2.05) is 43.1 Å². The van der Waals surface area contributed by atoms with Crippen LogP contribution in [-0.4, -0.2) is 63.4 Å². The van der Waals surface area contributed by atoms with Crippen molar-refractivity contribution in [3.63, 3.8) is 0 Å². The molecule has 4 bridgehead atoms. The van der Waals surface area contributed by atoms with Gasteiger partial charge in [0.05, 0.1) is 18.3 Å².